The summed E-state index contributed by atoms with van der Waals surface area (Å²) in [5.74, 6) is -0.764. The van der Waals surface area contributed by atoms with Gasteiger partial charge in [0.05, 0.1) is 0 Å². The fourth-order valence-corrected chi connectivity index (χ4v) is 2.19. The molecule has 1 saturated heterocycles. The topological polar surface area (TPSA) is 58.4 Å². The number of hydrazine groups is 1. The van der Waals surface area contributed by atoms with Crippen LogP contribution >= 0.6 is 0 Å². The lowest BCUT2D eigenvalue weighted by Crippen LogP contribution is -2.35. The molecule has 108 valence electrons. The first-order chi connectivity index (χ1) is 9.54. The number of halogens is 3. The molecule has 9 heteroatoms. The summed E-state index contributed by atoms with van der Waals surface area (Å²) in [6, 6.07) is 3.06. The van der Waals surface area contributed by atoms with Crippen molar-refractivity contribution in [1.82, 2.24) is 24.8 Å². The summed E-state index contributed by atoms with van der Waals surface area (Å²) in [6.45, 7) is 1.71. The number of nitrogens with one attached hydrogen (secondary N) is 1. The summed E-state index contributed by atoms with van der Waals surface area (Å²) >= 11 is 0. The first-order valence-corrected chi connectivity index (χ1v) is 6.35. The third kappa shape index (κ3) is 2.53. The van der Waals surface area contributed by atoms with Gasteiger partial charge in [-0.25, -0.2) is 5.01 Å². The van der Waals surface area contributed by atoms with Gasteiger partial charge in [-0.3, -0.25) is 0 Å². The fourth-order valence-electron chi connectivity index (χ4n) is 2.19. The third-order valence-electron chi connectivity index (χ3n) is 3.15. The molecule has 1 aliphatic heterocycles. The van der Waals surface area contributed by atoms with Crippen LogP contribution in [0.4, 0.5) is 19.0 Å². The van der Waals surface area contributed by atoms with Crippen LogP contribution in [0.1, 0.15) is 25.1 Å². The summed E-state index contributed by atoms with van der Waals surface area (Å²) in [7, 11) is 0. The molecule has 1 N–H and O–H groups in total. The zero-order valence-electron chi connectivity index (χ0n) is 10.6. The molecule has 0 aliphatic carbocycles. The van der Waals surface area contributed by atoms with Crippen LogP contribution in [0, 0.1) is 0 Å². The molecule has 3 heterocycles. The van der Waals surface area contributed by atoms with Crippen molar-refractivity contribution >= 4 is 11.5 Å². The number of hydrogen-bond donors (Lipinski definition) is 1. The lowest BCUT2D eigenvalue weighted by molar-refractivity contribution is -0.146. The van der Waals surface area contributed by atoms with Crippen LogP contribution in [0.25, 0.3) is 5.65 Å². The first kappa shape index (κ1) is 13.1. The highest BCUT2D eigenvalue weighted by atomic mass is 19.4. The van der Waals surface area contributed by atoms with E-state index >= 15 is 0 Å². The van der Waals surface area contributed by atoms with Crippen molar-refractivity contribution in [2.75, 3.05) is 18.5 Å². The van der Waals surface area contributed by atoms with Gasteiger partial charge in [0.15, 0.2) is 11.5 Å². The van der Waals surface area contributed by atoms with Crippen LogP contribution in [-0.4, -0.2) is 37.9 Å². The number of alkyl halides is 3. The van der Waals surface area contributed by atoms with Crippen molar-refractivity contribution in [3.63, 3.8) is 0 Å². The van der Waals surface area contributed by atoms with Crippen molar-refractivity contribution in [3.05, 3.63) is 18.0 Å². The van der Waals surface area contributed by atoms with Crippen molar-refractivity contribution in [2.24, 2.45) is 0 Å². The van der Waals surface area contributed by atoms with Crippen LogP contribution < -0.4 is 5.43 Å². The van der Waals surface area contributed by atoms with Crippen molar-refractivity contribution in [3.8, 4) is 0 Å². The molecular weight excluding hydrogens is 273 g/mol. The largest absolute Gasteiger partial charge is 0.453 e. The molecule has 2 aromatic rings. The molecule has 1 aliphatic rings. The van der Waals surface area contributed by atoms with Gasteiger partial charge < -0.3 is 5.43 Å². The first-order valence-electron chi connectivity index (χ1n) is 6.35. The Labute approximate surface area is 112 Å². The second-order valence-electron chi connectivity index (χ2n) is 4.67. The summed E-state index contributed by atoms with van der Waals surface area (Å²) in [5.41, 5.74) is 3.09. The minimum absolute atomic E-state index is 0.0709. The second kappa shape index (κ2) is 4.89. The van der Waals surface area contributed by atoms with Gasteiger partial charge in [0.25, 0.3) is 5.82 Å². The molecule has 20 heavy (non-hydrogen) atoms. The predicted molar refractivity (Wildman–Crippen MR) is 64.8 cm³/mol. The van der Waals surface area contributed by atoms with E-state index in [4.69, 9.17) is 0 Å². The van der Waals surface area contributed by atoms with Crippen LogP contribution in [0.2, 0.25) is 0 Å². The van der Waals surface area contributed by atoms with Crippen LogP contribution in [0.15, 0.2) is 12.1 Å². The normalized spacial score (nSPS) is 17.6. The van der Waals surface area contributed by atoms with Crippen molar-refractivity contribution in [1.29, 1.82) is 0 Å². The van der Waals surface area contributed by atoms with E-state index in [0.29, 0.717) is 10.3 Å². The maximum atomic E-state index is 12.7. The minimum Gasteiger partial charge on any atom is -0.302 e. The molecule has 3 rings (SSSR count). The van der Waals surface area contributed by atoms with Gasteiger partial charge in [-0.2, -0.15) is 17.7 Å². The Morgan fingerprint density at radius 2 is 1.80 bits per heavy atom. The molecule has 2 aromatic heterocycles. The molecule has 0 amide bonds. The van der Waals surface area contributed by atoms with Gasteiger partial charge in [-0.15, -0.1) is 15.3 Å². The van der Waals surface area contributed by atoms with Gasteiger partial charge >= 0.3 is 6.18 Å². The van der Waals surface area contributed by atoms with Crippen molar-refractivity contribution < 1.29 is 13.2 Å². The maximum Gasteiger partial charge on any atom is 0.453 e. The smallest absolute Gasteiger partial charge is 0.302 e. The molecule has 0 aromatic carbocycles. The molecule has 0 atom stereocenters. The van der Waals surface area contributed by atoms with E-state index in [-0.39, 0.29) is 5.65 Å². The molecule has 0 saturated carbocycles. The number of hydrogen-bond acceptors (Lipinski definition) is 5. The summed E-state index contributed by atoms with van der Waals surface area (Å²) in [4.78, 5) is 0. The fraction of sp³-hybridized carbons (Fsp3) is 0.545. The maximum absolute atomic E-state index is 12.7. The van der Waals surface area contributed by atoms with Crippen LogP contribution in [-0.2, 0) is 6.18 Å². The van der Waals surface area contributed by atoms with Gasteiger partial charge in [0.1, 0.15) is 0 Å². The second-order valence-corrected chi connectivity index (χ2v) is 4.67. The highest BCUT2D eigenvalue weighted by Crippen LogP contribution is 2.27. The molecule has 0 spiro atoms. The minimum atomic E-state index is -4.57. The predicted octanol–water partition coefficient (Wildman–Crippen LogP) is 1.96. The summed E-state index contributed by atoms with van der Waals surface area (Å²) in [5, 5.41) is 12.5. The Morgan fingerprint density at radius 1 is 1.05 bits per heavy atom. The Morgan fingerprint density at radius 3 is 2.50 bits per heavy atom. The molecular formula is C11H13F3N6. The summed E-state index contributed by atoms with van der Waals surface area (Å²) < 4.78 is 39.0. The Balaban J connectivity index is 1.89. The average Bonchev–Trinajstić information content (AvgIpc) is 2.83. The number of anilines is 1. The molecule has 0 unspecified atom stereocenters. The van der Waals surface area contributed by atoms with E-state index in [1.807, 2.05) is 5.01 Å². The SMILES string of the molecule is FC(F)(F)c1nnc2ccc(NN3CCCCC3)nn12. The quantitative estimate of drug-likeness (QED) is 0.914. The van der Waals surface area contributed by atoms with Crippen LogP contribution in [0.5, 0.6) is 0 Å². The molecule has 6 nitrogen and oxygen atoms in total. The van der Waals surface area contributed by atoms with E-state index in [1.165, 1.54) is 12.5 Å². The van der Waals surface area contributed by atoms with E-state index < -0.39 is 12.0 Å². The molecule has 0 radical (unpaired) electrons. The molecule has 1 fully saturated rings. The number of fused-ring (bicyclic) bond motifs is 1. The van der Waals surface area contributed by atoms with E-state index in [0.717, 1.165) is 25.9 Å². The van der Waals surface area contributed by atoms with Gasteiger partial charge in [-0.05, 0) is 25.0 Å². The van der Waals surface area contributed by atoms with Gasteiger partial charge in [0.2, 0.25) is 0 Å². The highest BCUT2D eigenvalue weighted by molar-refractivity contribution is 5.43. The third-order valence-corrected chi connectivity index (χ3v) is 3.15. The Hall–Kier alpha value is -1.90. The van der Waals surface area contributed by atoms with Crippen LogP contribution in [0.3, 0.4) is 0 Å². The number of aromatic nitrogens is 4. The van der Waals surface area contributed by atoms with E-state index in [9.17, 15) is 13.2 Å². The molecule has 0 bridgehead atoms. The van der Waals surface area contributed by atoms with Gasteiger partial charge in [0, 0.05) is 13.1 Å². The number of piperidine rings is 1. The average molecular weight is 286 g/mol. The zero-order chi connectivity index (χ0) is 14.2. The van der Waals surface area contributed by atoms with E-state index in [1.54, 1.807) is 6.07 Å². The Kier molecular flexibility index (Phi) is 3.20. The number of rotatable bonds is 2. The lowest BCUT2D eigenvalue weighted by Gasteiger charge is -2.27. The lowest BCUT2D eigenvalue weighted by atomic mass is 10.2. The van der Waals surface area contributed by atoms with Gasteiger partial charge in [-0.1, -0.05) is 6.42 Å². The Bertz CT molecular complexity index is 602. The standard InChI is InChI=1S/C11H13F3N6/c12-11(13,14)10-16-15-9-5-4-8(18-20(9)10)17-19-6-2-1-3-7-19/h4-5H,1-3,6-7H2,(H,17,18). The summed E-state index contributed by atoms with van der Waals surface area (Å²) in [6.07, 6.45) is -1.27. The monoisotopic (exact) mass is 286 g/mol. The zero-order valence-corrected chi connectivity index (χ0v) is 10.6. The number of nitrogens with zero attached hydrogens (tertiary/aromatic N) is 5. The van der Waals surface area contributed by atoms with Crippen molar-refractivity contribution in [2.45, 2.75) is 25.4 Å². The highest BCUT2D eigenvalue weighted by Gasteiger charge is 2.37. The van der Waals surface area contributed by atoms with E-state index in [2.05, 4.69) is 20.7 Å².